The molecule has 72 valence electrons. The van der Waals surface area contributed by atoms with Crippen LogP contribution in [0.1, 0.15) is 13.3 Å². The Morgan fingerprint density at radius 3 is 2.83 bits per heavy atom. The molecule has 1 aliphatic rings. The fraction of sp³-hybridized carbons (Fsp3) is 1.00. The summed E-state index contributed by atoms with van der Waals surface area (Å²) >= 11 is 0. The van der Waals surface area contributed by atoms with E-state index >= 15 is 0 Å². The minimum Gasteiger partial charge on any atom is -0.375 e. The molecule has 12 heavy (non-hydrogen) atoms. The van der Waals surface area contributed by atoms with Gasteiger partial charge in [-0.3, -0.25) is 0 Å². The molecule has 1 fully saturated rings. The van der Waals surface area contributed by atoms with Gasteiger partial charge in [0.25, 0.3) is 5.92 Å². The molecule has 1 unspecified atom stereocenters. The molecule has 4 heteroatoms. The van der Waals surface area contributed by atoms with Gasteiger partial charge in [-0.25, -0.2) is 8.78 Å². The van der Waals surface area contributed by atoms with Gasteiger partial charge < -0.3 is 10.1 Å². The number of hydrogen-bond donors (Lipinski definition) is 1. The first-order valence-electron chi connectivity index (χ1n) is 4.24. The van der Waals surface area contributed by atoms with Crippen molar-refractivity contribution in [2.45, 2.75) is 19.3 Å². The Labute approximate surface area is 71.3 Å². The van der Waals surface area contributed by atoms with Gasteiger partial charge in [0.05, 0.1) is 6.61 Å². The van der Waals surface area contributed by atoms with Crippen molar-refractivity contribution < 1.29 is 13.5 Å². The molecule has 1 atom stereocenters. The Bertz CT molecular complexity index is 130. The van der Waals surface area contributed by atoms with E-state index in [1.165, 1.54) is 0 Å². The number of nitrogens with one attached hydrogen (secondary N) is 1. The van der Waals surface area contributed by atoms with Gasteiger partial charge in [-0.1, -0.05) is 0 Å². The highest BCUT2D eigenvalue weighted by molar-refractivity contribution is 4.70. The summed E-state index contributed by atoms with van der Waals surface area (Å²) in [7, 11) is 0. The largest absolute Gasteiger partial charge is 0.375 e. The van der Waals surface area contributed by atoms with Crippen LogP contribution in [0.2, 0.25) is 0 Å². The maximum atomic E-state index is 12.3. The molecule has 1 heterocycles. The zero-order valence-corrected chi connectivity index (χ0v) is 7.28. The Morgan fingerprint density at radius 1 is 1.58 bits per heavy atom. The second-order valence-electron chi connectivity index (χ2n) is 3.44. The predicted molar refractivity (Wildman–Crippen MR) is 42.4 cm³/mol. The van der Waals surface area contributed by atoms with Crippen LogP contribution in [-0.4, -0.2) is 32.2 Å². The second-order valence-corrected chi connectivity index (χ2v) is 3.44. The first-order valence-corrected chi connectivity index (χ1v) is 4.24. The molecule has 0 saturated carbocycles. The first-order chi connectivity index (χ1) is 5.58. The van der Waals surface area contributed by atoms with Crippen LogP contribution in [0.5, 0.6) is 0 Å². The van der Waals surface area contributed by atoms with E-state index in [1.54, 1.807) is 0 Å². The first kappa shape index (κ1) is 9.86. The van der Waals surface area contributed by atoms with Crippen LogP contribution in [0.4, 0.5) is 8.78 Å². The van der Waals surface area contributed by atoms with Crippen LogP contribution >= 0.6 is 0 Å². The minimum absolute atomic E-state index is 0.423. The standard InChI is InChI=1S/C8H15F2NO/c1-8(9,10)6-12-5-7-2-3-11-4-7/h7,11H,2-6H2,1H3. The van der Waals surface area contributed by atoms with Gasteiger partial charge >= 0.3 is 0 Å². The van der Waals surface area contributed by atoms with E-state index in [1.807, 2.05) is 0 Å². The summed E-state index contributed by atoms with van der Waals surface area (Å²) in [5, 5.41) is 3.15. The summed E-state index contributed by atoms with van der Waals surface area (Å²) in [5.41, 5.74) is 0. The Hall–Kier alpha value is -0.220. The third-order valence-electron chi connectivity index (χ3n) is 1.87. The Morgan fingerprint density at radius 2 is 2.33 bits per heavy atom. The lowest BCUT2D eigenvalue weighted by molar-refractivity contribution is -0.0681. The van der Waals surface area contributed by atoms with Crippen LogP contribution in [-0.2, 0) is 4.74 Å². The SMILES string of the molecule is CC(F)(F)COCC1CCNC1. The molecular formula is C8H15F2NO. The smallest absolute Gasteiger partial charge is 0.268 e. The fourth-order valence-corrected chi connectivity index (χ4v) is 1.26. The van der Waals surface area contributed by atoms with Crippen molar-refractivity contribution >= 4 is 0 Å². The summed E-state index contributed by atoms with van der Waals surface area (Å²) in [6, 6.07) is 0. The van der Waals surface area contributed by atoms with Gasteiger partial charge in [0, 0.05) is 13.5 Å². The van der Waals surface area contributed by atoms with E-state index in [0.29, 0.717) is 12.5 Å². The summed E-state index contributed by atoms with van der Waals surface area (Å²) < 4.78 is 29.4. The molecule has 1 aliphatic heterocycles. The van der Waals surface area contributed by atoms with Crippen LogP contribution in [0.25, 0.3) is 0 Å². The van der Waals surface area contributed by atoms with Crippen molar-refractivity contribution in [1.82, 2.24) is 5.32 Å². The van der Waals surface area contributed by atoms with Crippen molar-refractivity contribution in [3.05, 3.63) is 0 Å². The summed E-state index contributed by atoms with van der Waals surface area (Å²) in [6.45, 7) is 2.76. The van der Waals surface area contributed by atoms with Gasteiger partial charge in [0.15, 0.2) is 0 Å². The van der Waals surface area contributed by atoms with Crippen LogP contribution < -0.4 is 5.32 Å². The molecular weight excluding hydrogens is 164 g/mol. The molecule has 0 aliphatic carbocycles. The monoisotopic (exact) mass is 179 g/mol. The molecule has 0 radical (unpaired) electrons. The zero-order chi connectivity index (χ0) is 9.03. The fourth-order valence-electron chi connectivity index (χ4n) is 1.26. The molecule has 2 nitrogen and oxygen atoms in total. The topological polar surface area (TPSA) is 21.3 Å². The van der Waals surface area contributed by atoms with E-state index < -0.39 is 12.5 Å². The zero-order valence-electron chi connectivity index (χ0n) is 7.28. The van der Waals surface area contributed by atoms with Gasteiger partial charge in [0.1, 0.15) is 6.61 Å². The number of rotatable bonds is 4. The summed E-state index contributed by atoms with van der Waals surface area (Å²) in [4.78, 5) is 0. The van der Waals surface area contributed by atoms with Crippen molar-refractivity contribution in [3.8, 4) is 0 Å². The number of halogens is 2. The molecule has 1 saturated heterocycles. The van der Waals surface area contributed by atoms with E-state index in [-0.39, 0.29) is 0 Å². The third kappa shape index (κ3) is 3.97. The number of alkyl halides is 2. The summed E-state index contributed by atoms with van der Waals surface area (Å²) in [5.74, 6) is -2.26. The lowest BCUT2D eigenvalue weighted by Gasteiger charge is -2.13. The molecule has 1 rings (SSSR count). The third-order valence-corrected chi connectivity index (χ3v) is 1.87. The van der Waals surface area contributed by atoms with Crippen molar-refractivity contribution in [2.75, 3.05) is 26.3 Å². The van der Waals surface area contributed by atoms with Crippen LogP contribution in [0, 0.1) is 5.92 Å². The van der Waals surface area contributed by atoms with Gasteiger partial charge in [-0.05, 0) is 18.9 Å². The van der Waals surface area contributed by atoms with E-state index in [0.717, 1.165) is 26.4 Å². The molecule has 0 aromatic carbocycles. The maximum Gasteiger partial charge on any atom is 0.268 e. The average Bonchev–Trinajstić information content (AvgIpc) is 2.36. The Kier molecular flexibility index (Phi) is 3.40. The Balaban J connectivity index is 2.02. The lowest BCUT2D eigenvalue weighted by Crippen LogP contribution is -2.22. The molecule has 0 amide bonds. The number of hydrogen-bond acceptors (Lipinski definition) is 2. The molecule has 0 aromatic rings. The average molecular weight is 179 g/mol. The maximum absolute atomic E-state index is 12.3. The molecule has 1 N–H and O–H groups in total. The van der Waals surface area contributed by atoms with E-state index in [9.17, 15) is 8.78 Å². The predicted octanol–water partition coefficient (Wildman–Crippen LogP) is 1.27. The van der Waals surface area contributed by atoms with Crippen molar-refractivity contribution in [3.63, 3.8) is 0 Å². The minimum atomic E-state index is -2.69. The summed E-state index contributed by atoms with van der Waals surface area (Å²) in [6.07, 6.45) is 1.04. The van der Waals surface area contributed by atoms with Gasteiger partial charge in [0.2, 0.25) is 0 Å². The quantitative estimate of drug-likeness (QED) is 0.701. The van der Waals surface area contributed by atoms with Crippen LogP contribution in [0.15, 0.2) is 0 Å². The highest BCUT2D eigenvalue weighted by atomic mass is 19.3. The van der Waals surface area contributed by atoms with Gasteiger partial charge in [-0.15, -0.1) is 0 Å². The van der Waals surface area contributed by atoms with Gasteiger partial charge in [-0.2, -0.15) is 0 Å². The molecule has 0 aromatic heterocycles. The number of ether oxygens (including phenoxy) is 1. The van der Waals surface area contributed by atoms with E-state index in [2.05, 4.69) is 5.32 Å². The molecule has 0 spiro atoms. The highest BCUT2D eigenvalue weighted by Gasteiger charge is 2.22. The lowest BCUT2D eigenvalue weighted by atomic mass is 10.1. The second kappa shape index (κ2) is 4.14. The molecule has 0 bridgehead atoms. The van der Waals surface area contributed by atoms with Crippen molar-refractivity contribution in [1.29, 1.82) is 0 Å². The highest BCUT2D eigenvalue weighted by Crippen LogP contribution is 2.13. The van der Waals surface area contributed by atoms with E-state index in [4.69, 9.17) is 4.74 Å². The van der Waals surface area contributed by atoms with Crippen LogP contribution in [0.3, 0.4) is 0 Å². The normalized spacial score (nSPS) is 24.8. The van der Waals surface area contributed by atoms with Crippen molar-refractivity contribution in [2.24, 2.45) is 5.92 Å².